The predicted octanol–water partition coefficient (Wildman–Crippen LogP) is 6.57. The molecule has 1 aromatic rings. The van der Waals surface area contributed by atoms with E-state index in [1.54, 1.807) is 5.56 Å². The fourth-order valence-electron chi connectivity index (χ4n) is 3.80. The van der Waals surface area contributed by atoms with Crippen LogP contribution in [-0.2, 0) is 12.8 Å². The van der Waals surface area contributed by atoms with Crippen molar-refractivity contribution in [1.82, 2.24) is 0 Å². The van der Waals surface area contributed by atoms with Crippen molar-refractivity contribution < 1.29 is 0 Å². The number of unbranched alkanes of at least 4 members (excludes halogenated alkanes) is 2. The van der Waals surface area contributed by atoms with Crippen LogP contribution in [-0.4, -0.2) is 0 Å². The molecule has 0 heterocycles. The lowest BCUT2D eigenvalue weighted by atomic mass is 9.85. The van der Waals surface area contributed by atoms with Gasteiger partial charge in [0.2, 0.25) is 0 Å². The van der Waals surface area contributed by atoms with Crippen molar-refractivity contribution in [1.29, 1.82) is 0 Å². The number of aryl methyl sites for hydroxylation is 1. The quantitative estimate of drug-likeness (QED) is 0.474. The Morgan fingerprint density at radius 1 is 0.952 bits per heavy atom. The van der Waals surface area contributed by atoms with Crippen molar-refractivity contribution in [3.63, 3.8) is 0 Å². The average Bonchev–Trinajstić information content (AvgIpc) is 2.48. The minimum Gasteiger partial charge on any atom is -0.0625 e. The van der Waals surface area contributed by atoms with Crippen molar-refractivity contribution in [3.05, 3.63) is 35.4 Å². The van der Waals surface area contributed by atoms with E-state index in [2.05, 4.69) is 38.1 Å². The second-order valence-electron chi connectivity index (χ2n) is 7.52. The molecule has 0 spiro atoms. The third-order valence-electron chi connectivity index (χ3n) is 4.94. The van der Waals surface area contributed by atoms with E-state index < -0.39 is 0 Å². The molecule has 0 amide bonds. The molecular formula is C21H34. The van der Waals surface area contributed by atoms with E-state index in [9.17, 15) is 0 Å². The standard InChI is InChI=1S/C21H34/c1-18(2)16-21-15-9-14-20(17-21)13-8-4-7-12-19-10-5-3-6-11-19/h9,14-15,17-19H,3-8,10-13,16H2,1-2H3. The Morgan fingerprint density at radius 3 is 2.48 bits per heavy atom. The average molecular weight is 287 g/mol. The van der Waals surface area contributed by atoms with Crippen LogP contribution in [0.5, 0.6) is 0 Å². The van der Waals surface area contributed by atoms with Gasteiger partial charge in [0.05, 0.1) is 0 Å². The van der Waals surface area contributed by atoms with Crippen LogP contribution in [0.25, 0.3) is 0 Å². The maximum atomic E-state index is 2.43. The van der Waals surface area contributed by atoms with Crippen molar-refractivity contribution in [2.75, 3.05) is 0 Å². The summed E-state index contributed by atoms with van der Waals surface area (Å²) in [6, 6.07) is 9.27. The third-order valence-corrected chi connectivity index (χ3v) is 4.94. The van der Waals surface area contributed by atoms with Gasteiger partial charge in [0, 0.05) is 0 Å². The summed E-state index contributed by atoms with van der Waals surface area (Å²) in [6.07, 6.45) is 15.7. The molecule has 0 saturated heterocycles. The van der Waals surface area contributed by atoms with Crippen molar-refractivity contribution >= 4 is 0 Å². The zero-order valence-electron chi connectivity index (χ0n) is 14.2. The first kappa shape index (κ1) is 16.6. The number of rotatable bonds is 8. The zero-order valence-corrected chi connectivity index (χ0v) is 14.2. The lowest BCUT2D eigenvalue weighted by Gasteiger charge is -2.21. The second-order valence-corrected chi connectivity index (χ2v) is 7.52. The van der Waals surface area contributed by atoms with Crippen LogP contribution in [0.2, 0.25) is 0 Å². The van der Waals surface area contributed by atoms with Crippen LogP contribution in [0.4, 0.5) is 0 Å². The Balaban J connectivity index is 1.61. The van der Waals surface area contributed by atoms with E-state index in [4.69, 9.17) is 0 Å². The fraction of sp³-hybridized carbons (Fsp3) is 0.714. The monoisotopic (exact) mass is 286 g/mol. The Morgan fingerprint density at radius 2 is 1.71 bits per heavy atom. The molecular weight excluding hydrogens is 252 g/mol. The molecule has 0 heteroatoms. The maximum absolute atomic E-state index is 2.43. The van der Waals surface area contributed by atoms with Gasteiger partial charge in [-0.3, -0.25) is 0 Å². The summed E-state index contributed by atoms with van der Waals surface area (Å²) in [4.78, 5) is 0. The van der Waals surface area contributed by atoms with Crippen LogP contribution >= 0.6 is 0 Å². The molecule has 0 bridgehead atoms. The molecule has 0 nitrogen and oxygen atoms in total. The Hall–Kier alpha value is -0.780. The highest BCUT2D eigenvalue weighted by atomic mass is 14.2. The van der Waals surface area contributed by atoms with Gasteiger partial charge in [0.25, 0.3) is 0 Å². The first-order chi connectivity index (χ1) is 10.2. The van der Waals surface area contributed by atoms with Gasteiger partial charge in [0.1, 0.15) is 0 Å². The van der Waals surface area contributed by atoms with Gasteiger partial charge in [-0.1, -0.05) is 89.5 Å². The normalized spacial score (nSPS) is 16.5. The van der Waals surface area contributed by atoms with E-state index in [0.29, 0.717) is 0 Å². The minimum absolute atomic E-state index is 0.760. The van der Waals surface area contributed by atoms with Gasteiger partial charge in [-0.05, 0) is 42.2 Å². The Kier molecular flexibility index (Phi) is 7.33. The number of hydrogen-bond acceptors (Lipinski definition) is 0. The molecule has 0 unspecified atom stereocenters. The molecule has 1 fully saturated rings. The molecule has 1 saturated carbocycles. The molecule has 1 aliphatic rings. The topological polar surface area (TPSA) is 0 Å². The second kappa shape index (κ2) is 9.28. The highest BCUT2D eigenvalue weighted by Gasteiger charge is 2.12. The number of hydrogen-bond donors (Lipinski definition) is 0. The number of benzene rings is 1. The van der Waals surface area contributed by atoms with Gasteiger partial charge in [-0.25, -0.2) is 0 Å². The van der Waals surface area contributed by atoms with Gasteiger partial charge >= 0.3 is 0 Å². The van der Waals surface area contributed by atoms with Crippen LogP contribution in [0, 0.1) is 11.8 Å². The van der Waals surface area contributed by atoms with E-state index >= 15 is 0 Å². The lowest BCUT2D eigenvalue weighted by molar-refractivity contribution is 0.328. The Bertz CT molecular complexity index is 385. The van der Waals surface area contributed by atoms with Crippen LogP contribution < -0.4 is 0 Å². The highest BCUT2D eigenvalue weighted by Crippen LogP contribution is 2.28. The summed E-state index contributed by atoms with van der Waals surface area (Å²) in [5.41, 5.74) is 3.07. The summed E-state index contributed by atoms with van der Waals surface area (Å²) in [7, 11) is 0. The largest absolute Gasteiger partial charge is 0.0625 e. The SMILES string of the molecule is CC(C)Cc1cccc(CCCCCC2CCCCC2)c1. The summed E-state index contributed by atoms with van der Waals surface area (Å²) >= 11 is 0. The summed E-state index contributed by atoms with van der Waals surface area (Å²) in [5.74, 6) is 1.82. The van der Waals surface area contributed by atoms with Crippen molar-refractivity contribution in [3.8, 4) is 0 Å². The van der Waals surface area contributed by atoms with Crippen LogP contribution in [0.3, 0.4) is 0 Å². The van der Waals surface area contributed by atoms with E-state index in [0.717, 1.165) is 11.8 Å². The van der Waals surface area contributed by atoms with E-state index in [1.807, 2.05) is 0 Å². The zero-order chi connectivity index (χ0) is 14.9. The van der Waals surface area contributed by atoms with Crippen LogP contribution in [0.15, 0.2) is 24.3 Å². The van der Waals surface area contributed by atoms with Crippen molar-refractivity contribution in [2.24, 2.45) is 11.8 Å². The molecule has 118 valence electrons. The van der Waals surface area contributed by atoms with Gasteiger partial charge in [-0.15, -0.1) is 0 Å². The van der Waals surface area contributed by atoms with Gasteiger partial charge in [-0.2, -0.15) is 0 Å². The molecule has 0 radical (unpaired) electrons. The van der Waals surface area contributed by atoms with Gasteiger partial charge < -0.3 is 0 Å². The summed E-state index contributed by atoms with van der Waals surface area (Å²) in [5, 5.41) is 0. The molecule has 1 aromatic carbocycles. The molecule has 0 N–H and O–H groups in total. The van der Waals surface area contributed by atoms with E-state index in [1.165, 1.54) is 76.2 Å². The molecule has 0 aromatic heterocycles. The molecule has 0 atom stereocenters. The molecule has 1 aliphatic carbocycles. The van der Waals surface area contributed by atoms with Crippen LogP contribution in [0.1, 0.15) is 82.8 Å². The molecule has 21 heavy (non-hydrogen) atoms. The lowest BCUT2D eigenvalue weighted by Crippen LogP contribution is -2.05. The summed E-state index contributed by atoms with van der Waals surface area (Å²) < 4.78 is 0. The minimum atomic E-state index is 0.760. The Labute approximate surface area is 132 Å². The van der Waals surface area contributed by atoms with Crippen molar-refractivity contribution in [2.45, 2.75) is 84.5 Å². The smallest absolute Gasteiger partial charge is 0.0256 e. The summed E-state index contributed by atoms with van der Waals surface area (Å²) in [6.45, 7) is 4.61. The van der Waals surface area contributed by atoms with Gasteiger partial charge in [0.15, 0.2) is 0 Å². The first-order valence-corrected chi connectivity index (χ1v) is 9.32. The highest BCUT2D eigenvalue weighted by molar-refractivity contribution is 5.23. The molecule has 0 aliphatic heterocycles. The fourth-order valence-corrected chi connectivity index (χ4v) is 3.80. The molecule has 2 rings (SSSR count). The first-order valence-electron chi connectivity index (χ1n) is 9.32. The maximum Gasteiger partial charge on any atom is -0.0256 e. The predicted molar refractivity (Wildman–Crippen MR) is 93.7 cm³/mol. The van der Waals surface area contributed by atoms with E-state index in [-0.39, 0.29) is 0 Å². The third kappa shape index (κ3) is 6.68.